The average Bonchev–Trinajstić information content (AvgIpc) is 2.45. The molecule has 2 aromatic carbocycles. The molecule has 2 aromatic rings. The van der Waals surface area contributed by atoms with Crippen LogP contribution in [0.5, 0.6) is 11.5 Å². The number of rotatable bonds is 7. The molecule has 21 heavy (non-hydrogen) atoms. The Morgan fingerprint density at radius 2 is 1.76 bits per heavy atom. The van der Waals surface area contributed by atoms with E-state index in [1.54, 1.807) is 0 Å². The Bertz CT molecular complexity index is 549. The molecule has 3 nitrogen and oxygen atoms in total. The van der Waals surface area contributed by atoms with Gasteiger partial charge in [-0.25, -0.2) is 0 Å². The maximum Gasteiger partial charge on any atom is 0.121 e. The molecule has 0 spiro atoms. The number of hydrogen-bond donors (Lipinski definition) is 1. The van der Waals surface area contributed by atoms with Gasteiger partial charge in [-0.15, -0.1) is 0 Å². The highest BCUT2D eigenvalue weighted by Crippen LogP contribution is 2.18. The van der Waals surface area contributed by atoms with E-state index in [0.29, 0.717) is 6.61 Å². The van der Waals surface area contributed by atoms with Crippen molar-refractivity contribution in [3.05, 3.63) is 54.1 Å². The molecule has 0 aliphatic carbocycles. The molecule has 0 atom stereocenters. The minimum atomic E-state index is 0.185. The Morgan fingerprint density at radius 1 is 1.00 bits per heavy atom. The second kappa shape index (κ2) is 7.58. The van der Waals surface area contributed by atoms with Crippen LogP contribution in [0.25, 0.3) is 0 Å². The van der Waals surface area contributed by atoms with Crippen LogP contribution in [0.2, 0.25) is 0 Å². The fraction of sp³-hybridized carbons (Fsp3) is 0.333. The van der Waals surface area contributed by atoms with Crippen LogP contribution >= 0.6 is 0 Å². The van der Waals surface area contributed by atoms with Crippen LogP contribution in [0.3, 0.4) is 0 Å². The predicted molar refractivity (Wildman–Crippen MR) is 87.4 cm³/mol. The summed E-state index contributed by atoms with van der Waals surface area (Å²) in [6, 6.07) is 16.1. The Kier molecular flexibility index (Phi) is 5.50. The maximum atomic E-state index is 5.68. The van der Waals surface area contributed by atoms with E-state index in [9.17, 15) is 0 Å². The Balaban J connectivity index is 1.76. The number of aryl methyl sites for hydroxylation is 1. The molecule has 0 unspecified atom stereocenters. The Labute approximate surface area is 126 Å². The largest absolute Gasteiger partial charge is 0.492 e. The smallest absolute Gasteiger partial charge is 0.121 e. The van der Waals surface area contributed by atoms with Gasteiger partial charge in [-0.1, -0.05) is 23.8 Å². The molecule has 0 amide bonds. The lowest BCUT2D eigenvalue weighted by Crippen LogP contribution is -2.11. The van der Waals surface area contributed by atoms with Crippen molar-refractivity contribution < 1.29 is 9.47 Å². The van der Waals surface area contributed by atoms with Gasteiger partial charge in [0.1, 0.15) is 18.1 Å². The highest BCUT2D eigenvalue weighted by Gasteiger charge is 1.99. The van der Waals surface area contributed by atoms with Crippen molar-refractivity contribution in [3.8, 4) is 11.5 Å². The molecule has 0 aliphatic rings. The van der Waals surface area contributed by atoms with E-state index < -0.39 is 0 Å². The molecule has 0 aliphatic heterocycles. The highest BCUT2D eigenvalue weighted by atomic mass is 16.5. The van der Waals surface area contributed by atoms with Crippen LogP contribution in [-0.4, -0.2) is 19.3 Å². The van der Waals surface area contributed by atoms with Gasteiger partial charge in [-0.05, 0) is 45.0 Å². The van der Waals surface area contributed by atoms with Gasteiger partial charge in [0.25, 0.3) is 0 Å². The third-order valence-corrected chi connectivity index (χ3v) is 2.93. The van der Waals surface area contributed by atoms with Crippen LogP contribution in [0.15, 0.2) is 48.5 Å². The van der Waals surface area contributed by atoms with Crippen molar-refractivity contribution in [2.24, 2.45) is 0 Å². The lowest BCUT2D eigenvalue weighted by atomic mass is 10.2. The maximum absolute atomic E-state index is 5.68. The van der Waals surface area contributed by atoms with Crippen LogP contribution < -0.4 is 14.8 Å². The first-order valence-electron chi connectivity index (χ1n) is 7.33. The lowest BCUT2D eigenvalue weighted by molar-refractivity contribution is 0.242. The van der Waals surface area contributed by atoms with Gasteiger partial charge < -0.3 is 14.8 Å². The SMILES string of the molecule is Cc1ccc(OCCNc2cccc(OC(C)C)c2)cc1. The van der Waals surface area contributed by atoms with E-state index in [2.05, 4.69) is 24.4 Å². The van der Waals surface area contributed by atoms with E-state index in [4.69, 9.17) is 9.47 Å². The second-order valence-corrected chi connectivity index (χ2v) is 5.28. The third-order valence-electron chi connectivity index (χ3n) is 2.93. The number of anilines is 1. The summed E-state index contributed by atoms with van der Waals surface area (Å²) < 4.78 is 11.4. The van der Waals surface area contributed by atoms with Gasteiger partial charge in [0, 0.05) is 18.3 Å². The average molecular weight is 285 g/mol. The van der Waals surface area contributed by atoms with Crippen molar-refractivity contribution in [3.63, 3.8) is 0 Å². The van der Waals surface area contributed by atoms with Crippen LogP contribution in [0.1, 0.15) is 19.4 Å². The molecule has 112 valence electrons. The van der Waals surface area contributed by atoms with E-state index in [0.717, 1.165) is 23.7 Å². The van der Waals surface area contributed by atoms with E-state index in [1.165, 1.54) is 5.56 Å². The molecule has 2 rings (SSSR count). The van der Waals surface area contributed by atoms with Gasteiger partial charge in [0.15, 0.2) is 0 Å². The number of hydrogen-bond acceptors (Lipinski definition) is 3. The molecule has 0 heterocycles. The van der Waals surface area contributed by atoms with Crippen LogP contribution in [0.4, 0.5) is 5.69 Å². The van der Waals surface area contributed by atoms with Gasteiger partial charge in [-0.2, -0.15) is 0 Å². The minimum Gasteiger partial charge on any atom is -0.492 e. The standard InChI is InChI=1S/C18H23NO2/c1-14(2)21-18-6-4-5-16(13-18)19-11-12-20-17-9-7-15(3)8-10-17/h4-10,13-14,19H,11-12H2,1-3H3. The van der Waals surface area contributed by atoms with Crippen LogP contribution in [0, 0.1) is 6.92 Å². The summed E-state index contributed by atoms with van der Waals surface area (Å²) in [5.74, 6) is 1.79. The van der Waals surface area contributed by atoms with Crippen molar-refractivity contribution in [2.45, 2.75) is 26.9 Å². The second-order valence-electron chi connectivity index (χ2n) is 5.28. The summed E-state index contributed by atoms with van der Waals surface area (Å²) in [6.45, 7) is 7.49. The van der Waals surface area contributed by atoms with Gasteiger partial charge in [0.05, 0.1) is 6.10 Å². The summed E-state index contributed by atoms with van der Waals surface area (Å²) in [7, 11) is 0. The summed E-state index contributed by atoms with van der Waals surface area (Å²) in [6.07, 6.45) is 0.185. The lowest BCUT2D eigenvalue weighted by Gasteiger charge is -2.12. The topological polar surface area (TPSA) is 30.5 Å². The molecule has 0 saturated heterocycles. The zero-order valence-electron chi connectivity index (χ0n) is 12.9. The first kappa shape index (κ1) is 15.2. The summed E-state index contributed by atoms with van der Waals surface area (Å²) >= 11 is 0. The predicted octanol–water partition coefficient (Wildman–Crippen LogP) is 4.27. The third kappa shape index (κ3) is 5.38. The molecule has 0 bridgehead atoms. The molecule has 1 N–H and O–H groups in total. The molecule has 0 radical (unpaired) electrons. The van der Waals surface area contributed by atoms with Crippen molar-refractivity contribution >= 4 is 5.69 Å². The van der Waals surface area contributed by atoms with Gasteiger partial charge >= 0.3 is 0 Å². The van der Waals surface area contributed by atoms with Crippen LogP contribution in [-0.2, 0) is 0 Å². The number of nitrogens with one attached hydrogen (secondary N) is 1. The molecule has 0 fully saturated rings. The number of benzene rings is 2. The zero-order chi connectivity index (χ0) is 15.1. The number of ether oxygens (including phenoxy) is 2. The van der Waals surface area contributed by atoms with Crippen molar-refractivity contribution in [1.82, 2.24) is 0 Å². The first-order chi connectivity index (χ1) is 10.1. The summed E-state index contributed by atoms with van der Waals surface area (Å²) in [5, 5.41) is 3.33. The fourth-order valence-electron chi connectivity index (χ4n) is 1.95. The highest BCUT2D eigenvalue weighted by molar-refractivity contribution is 5.48. The minimum absolute atomic E-state index is 0.185. The Morgan fingerprint density at radius 3 is 2.48 bits per heavy atom. The van der Waals surface area contributed by atoms with Crippen molar-refractivity contribution in [2.75, 3.05) is 18.5 Å². The first-order valence-corrected chi connectivity index (χ1v) is 7.33. The molecule has 0 aromatic heterocycles. The monoisotopic (exact) mass is 285 g/mol. The molecular weight excluding hydrogens is 262 g/mol. The van der Waals surface area contributed by atoms with Gasteiger partial charge in [-0.3, -0.25) is 0 Å². The molecular formula is C18H23NO2. The summed E-state index contributed by atoms with van der Waals surface area (Å²) in [4.78, 5) is 0. The molecule has 3 heteroatoms. The quantitative estimate of drug-likeness (QED) is 0.770. The zero-order valence-corrected chi connectivity index (χ0v) is 12.9. The normalized spacial score (nSPS) is 10.5. The van der Waals surface area contributed by atoms with E-state index >= 15 is 0 Å². The Hall–Kier alpha value is -2.16. The van der Waals surface area contributed by atoms with E-state index in [-0.39, 0.29) is 6.10 Å². The summed E-state index contributed by atoms with van der Waals surface area (Å²) in [5.41, 5.74) is 2.28. The van der Waals surface area contributed by atoms with E-state index in [1.807, 2.05) is 50.2 Å². The van der Waals surface area contributed by atoms with Gasteiger partial charge in [0.2, 0.25) is 0 Å². The fourth-order valence-corrected chi connectivity index (χ4v) is 1.95. The van der Waals surface area contributed by atoms with Crippen molar-refractivity contribution in [1.29, 1.82) is 0 Å². The molecule has 0 saturated carbocycles.